The molecule has 0 aromatic heterocycles. The summed E-state index contributed by atoms with van der Waals surface area (Å²) >= 11 is 3.43. The monoisotopic (exact) mass is 363 g/mol. The van der Waals surface area contributed by atoms with Gasteiger partial charge in [-0.3, -0.25) is 9.59 Å². The fraction of sp³-hybridized carbons (Fsp3) is 0.375. The number of benzene rings is 1. The predicted molar refractivity (Wildman–Crippen MR) is 82.2 cm³/mol. The van der Waals surface area contributed by atoms with Gasteiger partial charge in [-0.05, 0) is 24.6 Å². The summed E-state index contributed by atoms with van der Waals surface area (Å²) in [6, 6.07) is 5.39. The second kappa shape index (κ2) is 4.50. The van der Waals surface area contributed by atoms with Crippen molar-refractivity contribution < 1.29 is 19.4 Å². The van der Waals surface area contributed by atoms with Gasteiger partial charge in [0.2, 0.25) is 11.8 Å². The third-order valence-corrected chi connectivity index (χ3v) is 5.67. The smallest absolute Gasteiger partial charge is 0.241 e. The highest BCUT2D eigenvalue weighted by Gasteiger charge is 2.67. The van der Waals surface area contributed by atoms with Gasteiger partial charge in [-0.15, -0.1) is 0 Å². The van der Waals surface area contributed by atoms with Crippen LogP contribution in [-0.4, -0.2) is 35.2 Å². The quantitative estimate of drug-likeness (QED) is 0.639. The van der Waals surface area contributed by atoms with Gasteiger partial charge >= 0.3 is 0 Å². The number of nitrogens with zero attached hydrogens (tertiary/aromatic N) is 1. The van der Waals surface area contributed by atoms with Crippen LogP contribution >= 0.6 is 15.9 Å². The number of carbonyl (C=O) groups is 2. The molecule has 0 unspecified atom stereocenters. The van der Waals surface area contributed by atoms with E-state index in [1.807, 2.05) is 13.0 Å². The number of aliphatic hydroxyl groups is 1. The Hall–Kier alpha value is -1.50. The van der Waals surface area contributed by atoms with Crippen LogP contribution in [0.3, 0.4) is 0 Å². The van der Waals surface area contributed by atoms with E-state index in [9.17, 15) is 14.7 Å². The molecular formula is C16H14BrNO4. The Morgan fingerprint density at radius 2 is 2.14 bits per heavy atom. The Kier molecular flexibility index (Phi) is 2.89. The summed E-state index contributed by atoms with van der Waals surface area (Å²) in [6.45, 7) is 1.64. The molecule has 22 heavy (non-hydrogen) atoms. The zero-order chi connectivity index (χ0) is 15.6. The van der Waals surface area contributed by atoms with Gasteiger partial charge in [-0.25, -0.2) is 4.90 Å². The van der Waals surface area contributed by atoms with Crippen molar-refractivity contribution in [2.24, 2.45) is 11.8 Å². The second-order valence-electron chi connectivity index (χ2n) is 6.00. The van der Waals surface area contributed by atoms with E-state index in [1.54, 1.807) is 24.3 Å². The zero-order valence-corrected chi connectivity index (χ0v) is 13.4. The van der Waals surface area contributed by atoms with E-state index in [1.165, 1.54) is 4.90 Å². The van der Waals surface area contributed by atoms with Crippen LogP contribution in [0.1, 0.15) is 5.56 Å². The van der Waals surface area contributed by atoms with E-state index in [0.29, 0.717) is 5.69 Å². The van der Waals surface area contributed by atoms with Crippen molar-refractivity contribution in [2.75, 3.05) is 11.5 Å². The van der Waals surface area contributed by atoms with Crippen LogP contribution in [0.15, 0.2) is 34.8 Å². The van der Waals surface area contributed by atoms with Crippen LogP contribution in [0.2, 0.25) is 0 Å². The minimum Gasteiger partial charge on any atom is -0.393 e. The molecule has 0 spiro atoms. The molecule has 114 valence electrons. The Morgan fingerprint density at radius 3 is 2.82 bits per heavy atom. The first-order valence-electron chi connectivity index (χ1n) is 7.10. The number of carbonyl (C=O) groups excluding carboxylic acids is 2. The number of aryl methyl sites for hydroxylation is 1. The number of rotatable bonds is 2. The normalized spacial score (nSPS) is 35.6. The lowest BCUT2D eigenvalue weighted by Gasteiger charge is -2.26. The molecule has 4 atom stereocenters. The zero-order valence-electron chi connectivity index (χ0n) is 11.8. The Bertz CT molecular complexity index is 731. The molecule has 3 aliphatic rings. The van der Waals surface area contributed by atoms with Gasteiger partial charge in [0, 0.05) is 4.47 Å². The van der Waals surface area contributed by atoms with E-state index in [2.05, 4.69) is 15.9 Å². The highest BCUT2D eigenvalue weighted by molar-refractivity contribution is 9.10. The Labute approximate surface area is 135 Å². The van der Waals surface area contributed by atoms with Gasteiger partial charge in [0.15, 0.2) is 0 Å². The molecule has 1 N–H and O–H groups in total. The standard InChI is InChI=1S/C16H14BrNO4/c1-8-2-3-9(6-10(8)17)18-14(20)12-11-4-5-16(7-19,22-11)13(12)15(18)21/h2-6,11-13,19H,7H2,1H3/t11-,12-,13+,16-/m1/s1. The highest BCUT2D eigenvalue weighted by Crippen LogP contribution is 2.52. The van der Waals surface area contributed by atoms with E-state index in [4.69, 9.17) is 4.74 Å². The second-order valence-corrected chi connectivity index (χ2v) is 6.86. The summed E-state index contributed by atoms with van der Waals surface area (Å²) in [5, 5.41) is 9.67. The van der Waals surface area contributed by atoms with Gasteiger partial charge in [0.05, 0.1) is 30.2 Å². The van der Waals surface area contributed by atoms with Crippen molar-refractivity contribution in [1.82, 2.24) is 0 Å². The molecule has 2 amide bonds. The molecule has 6 heteroatoms. The number of imide groups is 1. The minimum atomic E-state index is -1.04. The molecule has 0 aliphatic carbocycles. The number of amides is 2. The third kappa shape index (κ3) is 1.60. The summed E-state index contributed by atoms with van der Waals surface area (Å²) in [7, 11) is 0. The first kappa shape index (κ1) is 14.1. The topological polar surface area (TPSA) is 66.8 Å². The average Bonchev–Trinajstić information content (AvgIpc) is 3.14. The molecule has 3 heterocycles. The molecule has 1 aromatic rings. The number of halogens is 1. The first-order valence-corrected chi connectivity index (χ1v) is 7.90. The van der Waals surface area contributed by atoms with Crippen molar-refractivity contribution in [1.29, 1.82) is 0 Å². The summed E-state index contributed by atoms with van der Waals surface area (Å²) in [6.07, 6.45) is 3.07. The van der Waals surface area contributed by atoms with Gasteiger partial charge in [0.1, 0.15) is 5.60 Å². The lowest BCUT2D eigenvalue weighted by atomic mass is 9.77. The molecule has 1 aromatic carbocycles. The Morgan fingerprint density at radius 1 is 1.36 bits per heavy atom. The predicted octanol–water partition coefficient (Wildman–Crippen LogP) is 1.56. The maximum Gasteiger partial charge on any atom is 0.241 e. The molecule has 4 rings (SSSR count). The summed E-state index contributed by atoms with van der Waals surface area (Å²) in [4.78, 5) is 26.8. The Balaban J connectivity index is 1.77. The molecule has 2 saturated heterocycles. The number of fused-ring (bicyclic) bond motifs is 5. The van der Waals surface area contributed by atoms with Crippen LogP contribution in [0.25, 0.3) is 0 Å². The maximum atomic E-state index is 12.8. The SMILES string of the molecule is Cc1ccc(N2C(=O)[C@H]3[C@@H](C2=O)[C@]2(CO)C=C[C@H]3O2)cc1Br. The van der Waals surface area contributed by atoms with Crippen molar-refractivity contribution >= 4 is 33.4 Å². The van der Waals surface area contributed by atoms with Crippen LogP contribution in [0.5, 0.6) is 0 Å². The summed E-state index contributed by atoms with van der Waals surface area (Å²) < 4.78 is 6.55. The van der Waals surface area contributed by atoms with Gasteiger partial charge in [-0.2, -0.15) is 0 Å². The van der Waals surface area contributed by atoms with E-state index < -0.39 is 23.5 Å². The number of ether oxygens (including phenoxy) is 1. The number of hydrogen-bond acceptors (Lipinski definition) is 4. The molecular weight excluding hydrogens is 350 g/mol. The van der Waals surface area contributed by atoms with Crippen LogP contribution in [-0.2, 0) is 14.3 Å². The number of aliphatic hydroxyl groups excluding tert-OH is 1. The summed E-state index contributed by atoms with van der Waals surface area (Å²) in [5.74, 6) is -1.73. The van der Waals surface area contributed by atoms with Crippen molar-refractivity contribution in [3.05, 3.63) is 40.4 Å². The number of hydrogen-bond donors (Lipinski definition) is 1. The molecule has 2 fully saturated rings. The lowest BCUT2D eigenvalue weighted by molar-refractivity contribution is -0.128. The fourth-order valence-corrected chi connectivity index (χ4v) is 4.03. The third-order valence-electron chi connectivity index (χ3n) is 4.82. The summed E-state index contributed by atoms with van der Waals surface area (Å²) in [5.41, 5.74) is 0.535. The van der Waals surface area contributed by atoms with Gasteiger partial charge in [-0.1, -0.05) is 34.1 Å². The van der Waals surface area contributed by atoms with Crippen LogP contribution in [0.4, 0.5) is 5.69 Å². The minimum absolute atomic E-state index is 0.254. The van der Waals surface area contributed by atoms with Crippen molar-refractivity contribution in [2.45, 2.75) is 18.6 Å². The molecule has 2 bridgehead atoms. The van der Waals surface area contributed by atoms with Crippen molar-refractivity contribution in [3.63, 3.8) is 0 Å². The van der Waals surface area contributed by atoms with Gasteiger partial charge in [0.25, 0.3) is 0 Å². The highest BCUT2D eigenvalue weighted by atomic mass is 79.9. The average molecular weight is 364 g/mol. The largest absolute Gasteiger partial charge is 0.393 e. The van der Waals surface area contributed by atoms with E-state index >= 15 is 0 Å². The van der Waals surface area contributed by atoms with E-state index in [0.717, 1.165) is 10.0 Å². The number of anilines is 1. The molecule has 5 nitrogen and oxygen atoms in total. The van der Waals surface area contributed by atoms with E-state index in [-0.39, 0.29) is 18.4 Å². The lowest BCUT2D eigenvalue weighted by Crippen LogP contribution is -2.43. The molecule has 0 saturated carbocycles. The van der Waals surface area contributed by atoms with Crippen LogP contribution in [0, 0.1) is 18.8 Å². The van der Waals surface area contributed by atoms with Crippen molar-refractivity contribution in [3.8, 4) is 0 Å². The van der Waals surface area contributed by atoms with Crippen LogP contribution < -0.4 is 4.90 Å². The fourth-order valence-electron chi connectivity index (χ4n) is 3.66. The maximum absolute atomic E-state index is 12.8. The first-order chi connectivity index (χ1) is 10.5. The molecule has 3 aliphatic heterocycles. The van der Waals surface area contributed by atoms with Gasteiger partial charge < -0.3 is 9.84 Å². The molecule has 0 radical (unpaired) electrons.